The van der Waals surface area contributed by atoms with E-state index in [9.17, 15) is 14.4 Å². The van der Waals surface area contributed by atoms with Crippen molar-refractivity contribution in [2.45, 2.75) is 31.9 Å². The third kappa shape index (κ3) is 6.99. The van der Waals surface area contributed by atoms with Crippen LogP contribution in [-0.2, 0) is 11.3 Å². The highest BCUT2D eigenvalue weighted by molar-refractivity contribution is 7.20. The number of nitrogens with zero attached hydrogens (tertiary/aromatic N) is 1. The van der Waals surface area contributed by atoms with E-state index in [0.29, 0.717) is 36.4 Å². The van der Waals surface area contributed by atoms with E-state index in [-0.39, 0.29) is 18.3 Å². The van der Waals surface area contributed by atoms with Crippen molar-refractivity contribution in [1.82, 2.24) is 15.6 Å². The molecule has 0 bridgehead atoms. The number of alkyl carbamates (subject to hydrolysis) is 1. The molecule has 0 radical (unpaired) electrons. The minimum Gasteiger partial charge on any atom is -0.445 e. The normalized spacial score (nSPS) is 11.6. The van der Waals surface area contributed by atoms with Gasteiger partial charge in [0, 0.05) is 12.1 Å². The van der Waals surface area contributed by atoms with Crippen molar-refractivity contribution in [2.24, 2.45) is 0 Å². The van der Waals surface area contributed by atoms with Crippen molar-refractivity contribution in [3.63, 3.8) is 0 Å². The molecule has 4 rings (SSSR count). The minimum atomic E-state index is -0.719. The lowest BCUT2D eigenvalue weighted by Gasteiger charge is -2.17. The van der Waals surface area contributed by atoms with Crippen LogP contribution >= 0.6 is 11.3 Å². The predicted octanol–water partition coefficient (Wildman–Crippen LogP) is 5.37. The zero-order valence-electron chi connectivity index (χ0n) is 19.7. The van der Waals surface area contributed by atoms with E-state index in [0.717, 1.165) is 15.8 Å². The summed E-state index contributed by atoms with van der Waals surface area (Å²) < 4.78 is 6.14. The number of benzene rings is 3. The van der Waals surface area contributed by atoms with Gasteiger partial charge in [-0.05, 0) is 49.1 Å². The monoisotopic (exact) mass is 501 g/mol. The molecular weight excluding hydrogens is 474 g/mol. The lowest BCUT2D eigenvalue weighted by atomic mass is 10.0. The fraction of sp³-hybridized carbons (Fsp3) is 0.214. The summed E-state index contributed by atoms with van der Waals surface area (Å²) in [6.07, 6.45) is 1.19. The number of para-hydroxylation sites is 1. The van der Waals surface area contributed by atoms with Crippen LogP contribution in [0.4, 0.5) is 4.79 Å². The number of nitrogens with one attached hydrogen (secondary N) is 2. The fourth-order valence-electron chi connectivity index (χ4n) is 3.66. The Hall–Kier alpha value is -4.04. The number of amides is 2. The van der Waals surface area contributed by atoms with Gasteiger partial charge in [-0.1, -0.05) is 60.7 Å². The number of ether oxygens (including phenoxy) is 1. The fourth-order valence-corrected chi connectivity index (χ4v) is 4.62. The molecule has 4 aromatic rings. The van der Waals surface area contributed by atoms with Crippen molar-refractivity contribution in [3.8, 4) is 0 Å². The molecule has 3 aromatic carbocycles. The van der Waals surface area contributed by atoms with E-state index in [1.54, 1.807) is 24.3 Å². The van der Waals surface area contributed by atoms with Gasteiger partial charge in [0.15, 0.2) is 5.01 Å². The number of hydrogen-bond acceptors (Lipinski definition) is 6. The standard InChI is InChI=1S/C28H27N3O4S/c32-25(27-31-22-15-7-8-17-24(22)36-27)23(30-26(33)21-13-5-2-6-14-21)16-9-10-18-29-28(34)35-19-20-11-3-1-4-12-20/h1-8,11-15,17,23H,9-10,16,18-19H2,(H,29,34)(H,30,33)/t23-/m0/s1. The predicted molar refractivity (Wildman–Crippen MR) is 140 cm³/mol. The number of unbranched alkanes of at least 4 members (excludes halogenated alkanes) is 1. The first-order valence-electron chi connectivity index (χ1n) is 11.8. The van der Waals surface area contributed by atoms with Crippen LogP contribution in [-0.4, -0.2) is 35.4 Å². The van der Waals surface area contributed by atoms with Gasteiger partial charge in [0.05, 0.1) is 16.3 Å². The van der Waals surface area contributed by atoms with Crippen molar-refractivity contribution in [1.29, 1.82) is 0 Å². The largest absolute Gasteiger partial charge is 0.445 e. The quantitative estimate of drug-likeness (QED) is 0.213. The van der Waals surface area contributed by atoms with Gasteiger partial charge in [-0.25, -0.2) is 9.78 Å². The van der Waals surface area contributed by atoms with Crippen molar-refractivity contribution < 1.29 is 19.1 Å². The molecular formula is C28H27N3O4S. The maximum Gasteiger partial charge on any atom is 0.407 e. The van der Waals surface area contributed by atoms with E-state index in [4.69, 9.17) is 4.74 Å². The second-order valence-electron chi connectivity index (χ2n) is 8.23. The average molecular weight is 502 g/mol. The summed E-state index contributed by atoms with van der Waals surface area (Å²) in [5.41, 5.74) is 2.16. The zero-order chi connectivity index (χ0) is 25.2. The Morgan fingerprint density at radius 3 is 2.31 bits per heavy atom. The maximum absolute atomic E-state index is 13.3. The Kier molecular flexibility index (Phi) is 8.77. The molecule has 184 valence electrons. The maximum atomic E-state index is 13.3. The number of ketones is 1. The third-order valence-electron chi connectivity index (χ3n) is 5.56. The second-order valence-corrected chi connectivity index (χ2v) is 9.26. The number of fused-ring (bicyclic) bond motifs is 1. The highest BCUT2D eigenvalue weighted by Gasteiger charge is 2.25. The Morgan fingerprint density at radius 2 is 1.56 bits per heavy atom. The molecule has 0 aliphatic heterocycles. The van der Waals surface area contributed by atoms with Gasteiger partial charge in [-0.3, -0.25) is 9.59 Å². The van der Waals surface area contributed by atoms with Gasteiger partial charge in [0.25, 0.3) is 5.91 Å². The Balaban J connectivity index is 1.31. The van der Waals surface area contributed by atoms with Crippen LogP contribution in [0.3, 0.4) is 0 Å². The van der Waals surface area contributed by atoms with Gasteiger partial charge < -0.3 is 15.4 Å². The molecule has 7 nitrogen and oxygen atoms in total. The highest BCUT2D eigenvalue weighted by Crippen LogP contribution is 2.23. The van der Waals surface area contributed by atoms with E-state index in [1.807, 2.05) is 60.7 Å². The molecule has 2 N–H and O–H groups in total. The lowest BCUT2D eigenvalue weighted by Crippen LogP contribution is -2.41. The summed E-state index contributed by atoms with van der Waals surface area (Å²) in [5, 5.41) is 5.98. The molecule has 0 unspecified atom stereocenters. The summed E-state index contributed by atoms with van der Waals surface area (Å²) in [4.78, 5) is 42.5. The Morgan fingerprint density at radius 1 is 0.861 bits per heavy atom. The summed E-state index contributed by atoms with van der Waals surface area (Å²) >= 11 is 1.32. The molecule has 0 aliphatic rings. The molecule has 2 amide bonds. The number of aromatic nitrogens is 1. The summed E-state index contributed by atoms with van der Waals surface area (Å²) in [6.45, 7) is 0.610. The molecule has 8 heteroatoms. The molecule has 0 aliphatic carbocycles. The lowest BCUT2D eigenvalue weighted by molar-refractivity contribution is 0.0851. The zero-order valence-corrected chi connectivity index (χ0v) is 20.5. The van der Waals surface area contributed by atoms with Gasteiger partial charge in [0.1, 0.15) is 6.61 Å². The second kappa shape index (κ2) is 12.6. The molecule has 1 atom stereocenters. The SMILES string of the molecule is O=C(NCCCC[C@H](NC(=O)c1ccccc1)C(=O)c1nc2ccccc2s1)OCc1ccccc1. The van der Waals surface area contributed by atoms with Gasteiger partial charge in [-0.2, -0.15) is 0 Å². The molecule has 0 saturated carbocycles. The van der Waals surface area contributed by atoms with Crippen LogP contribution in [0, 0.1) is 0 Å². The number of thiazole rings is 1. The van der Waals surface area contributed by atoms with E-state index >= 15 is 0 Å². The van der Waals surface area contributed by atoms with Gasteiger partial charge in [0.2, 0.25) is 5.78 Å². The molecule has 0 spiro atoms. The third-order valence-corrected chi connectivity index (χ3v) is 6.62. The highest BCUT2D eigenvalue weighted by atomic mass is 32.1. The molecule has 0 saturated heterocycles. The number of rotatable bonds is 11. The van der Waals surface area contributed by atoms with Crippen LogP contribution < -0.4 is 10.6 Å². The molecule has 0 fully saturated rings. The minimum absolute atomic E-state index is 0.205. The summed E-state index contributed by atoms with van der Waals surface area (Å²) in [5.74, 6) is -0.520. The number of Topliss-reactive ketones (excluding diaryl/α,β-unsaturated/α-hetero) is 1. The first kappa shape index (κ1) is 25.1. The average Bonchev–Trinajstić information content (AvgIpc) is 3.36. The number of hydrogen-bond donors (Lipinski definition) is 2. The smallest absolute Gasteiger partial charge is 0.407 e. The van der Waals surface area contributed by atoms with Crippen molar-refractivity contribution in [3.05, 3.63) is 101 Å². The van der Waals surface area contributed by atoms with E-state index in [1.165, 1.54) is 11.3 Å². The van der Waals surface area contributed by atoms with Gasteiger partial charge >= 0.3 is 6.09 Å². The van der Waals surface area contributed by atoms with Gasteiger partial charge in [-0.15, -0.1) is 11.3 Å². The first-order chi connectivity index (χ1) is 17.6. The van der Waals surface area contributed by atoms with Crippen LogP contribution in [0.5, 0.6) is 0 Å². The van der Waals surface area contributed by atoms with Crippen LogP contribution in [0.2, 0.25) is 0 Å². The topological polar surface area (TPSA) is 97.4 Å². The van der Waals surface area contributed by atoms with E-state index in [2.05, 4.69) is 15.6 Å². The first-order valence-corrected chi connectivity index (χ1v) is 12.6. The van der Waals surface area contributed by atoms with Crippen LogP contribution in [0.15, 0.2) is 84.9 Å². The van der Waals surface area contributed by atoms with Crippen LogP contribution in [0.25, 0.3) is 10.2 Å². The van der Waals surface area contributed by atoms with Crippen LogP contribution in [0.1, 0.15) is 45.0 Å². The molecule has 36 heavy (non-hydrogen) atoms. The summed E-state index contributed by atoms with van der Waals surface area (Å²) in [7, 11) is 0. The Labute approximate surface area is 213 Å². The van der Waals surface area contributed by atoms with Crippen molar-refractivity contribution >= 4 is 39.3 Å². The Bertz CT molecular complexity index is 1280. The summed E-state index contributed by atoms with van der Waals surface area (Å²) in [6, 6.07) is 25.1. The molecule has 1 aromatic heterocycles. The van der Waals surface area contributed by atoms with Crippen molar-refractivity contribution in [2.75, 3.05) is 6.54 Å². The number of carbonyl (C=O) groups excluding carboxylic acids is 3. The number of carbonyl (C=O) groups is 3. The van der Waals surface area contributed by atoms with E-state index < -0.39 is 12.1 Å². The molecule has 1 heterocycles.